The van der Waals surface area contributed by atoms with Gasteiger partial charge in [0.15, 0.2) is 0 Å². The third kappa shape index (κ3) is 9.65. The summed E-state index contributed by atoms with van der Waals surface area (Å²) < 4.78 is 46.0. The number of pyridine rings is 1. The molecular weight excluding hydrogens is 518 g/mol. The number of alkyl halides is 3. The number of carboxylic acids is 2. The third-order valence-electron chi connectivity index (χ3n) is 5.13. The van der Waals surface area contributed by atoms with E-state index >= 15 is 0 Å². The van der Waals surface area contributed by atoms with Gasteiger partial charge in [-0.1, -0.05) is 6.07 Å². The van der Waals surface area contributed by atoms with Gasteiger partial charge in [-0.05, 0) is 29.8 Å². The number of anilines is 1. The van der Waals surface area contributed by atoms with E-state index in [9.17, 15) is 31.9 Å². The number of rotatable bonds is 8. The van der Waals surface area contributed by atoms with E-state index in [0.717, 1.165) is 31.9 Å². The van der Waals surface area contributed by atoms with Crippen molar-refractivity contribution >= 4 is 29.4 Å². The van der Waals surface area contributed by atoms with E-state index < -0.39 is 48.3 Å². The van der Waals surface area contributed by atoms with Crippen molar-refractivity contribution < 1.29 is 47.0 Å². The number of carbonyl (C=O) groups is 4. The van der Waals surface area contributed by atoms with Crippen molar-refractivity contribution in [3.05, 3.63) is 59.7 Å². The normalized spacial score (nSPS) is 13.9. The number of halogens is 4. The Morgan fingerprint density at radius 2 is 1.76 bits per heavy atom. The molecule has 0 bridgehead atoms. The van der Waals surface area contributed by atoms with Crippen LogP contribution in [0.5, 0.6) is 0 Å². The smallest absolute Gasteiger partial charge is 0.481 e. The van der Waals surface area contributed by atoms with Gasteiger partial charge in [-0.25, -0.2) is 9.18 Å². The van der Waals surface area contributed by atoms with Gasteiger partial charge in [0.25, 0.3) is 5.91 Å². The van der Waals surface area contributed by atoms with Crippen LogP contribution in [-0.4, -0.2) is 77.9 Å². The molecule has 15 heteroatoms. The van der Waals surface area contributed by atoms with E-state index in [1.54, 1.807) is 18.2 Å². The Hall–Kier alpha value is -4.27. The quantitative estimate of drug-likeness (QED) is 0.309. The lowest BCUT2D eigenvalue weighted by atomic mass is 10.1. The number of nitrogens with zero attached hydrogens (tertiary/aromatic N) is 2. The summed E-state index contributed by atoms with van der Waals surface area (Å²) in [5.74, 6) is -5.85. The van der Waals surface area contributed by atoms with Crippen LogP contribution in [-0.2, 0) is 14.4 Å². The summed E-state index contributed by atoms with van der Waals surface area (Å²) in [5.41, 5.74) is 1.10. The summed E-state index contributed by atoms with van der Waals surface area (Å²) >= 11 is 0. The Kier molecular flexibility index (Phi) is 10.9. The minimum Gasteiger partial charge on any atom is -0.481 e. The monoisotopic (exact) mass is 543 g/mol. The van der Waals surface area contributed by atoms with Gasteiger partial charge in [0, 0.05) is 44.3 Å². The van der Waals surface area contributed by atoms with Crippen LogP contribution in [0.4, 0.5) is 23.2 Å². The highest BCUT2D eigenvalue weighted by Crippen LogP contribution is 2.20. The SMILES string of the molecule is O=C(O)C(F)(F)F.O=C(O)C[C@H](NC(=O)CNC(=O)c1cc(N2CCNCC2)ccc1F)c1cccnc1. The first-order valence-corrected chi connectivity index (χ1v) is 11.1. The predicted octanol–water partition coefficient (Wildman–Crippen LogP) is 1.33. The fourth-order valence-electron chi connectivity index (χ4n) is 3.32. The van der Waals surface area contributed by atoms with Gasteiger partial charge in [-0.2, -0.15) is 13.2 Å². The number of carbonyl (C=O) groups excluding carboxylic acids is 2. The fraction of sp³-hybridized carbons (Fsp3) is 0.348. The number of hydrogen-bond donors (Lipinski definition) is 5. The summed E-state index contributed by atoms with van der Waals surface area (Å²) in [6.07, 6.45) is -2.43. The zero-order chi connectivity index (χ0) is 28.3. The van der Waals surface area contributed by atoms with Gasteiger partial charge in [-0.3, -0.25) is 19.4 Å². The fourth-order valence-corrected chi connectivity index (χ4v) is 3.32. The summed E-state index contributed by atoms with van der Waals surface area (Å²) in [6.45, 7) is 2.66. The van der Waals surface area contributed by atoms with Gasteiger partial charge in [0.2, 0.25) is 5.91 Å². The second-order valence-electron chi connectivity index (χ2n) is 7.89. The molecule has 0 unspecified atom stereocenters. The highest BCUT2D eigenvalue weighted by molar-refractivity contribution is 5.97. The molecule has 0 saturated carbocycles. The van der Waals surface area contributed by atoms with Crippen LogP contribution < -0.4 is 20.9 Å². The van der Waals surface area contributed by atoms with Crippen molar-refractivity contribution in [3.63, 3.8) is 0 Å². The Morgan fingerprint density at radius 1 is 1.11 bits per heavy atom. The first-order valence-electron chi connectivity index (χ1n) is 11.1. The maximum absolute atomic E-state index is 14.2. The summed E-state index contributed by atoms with van der Waals surface area (Å²) in [4.78, 5) is 50.8. The van der Waals surface area contributed by atoms with Gasteiger partial charge in [0.05, 0.1) is 24.6 Å². The Labute approximate surface area is 213 Å². The van der Waals surface area contributed by atoms with E-state index in [0.29, 0.717) is 5.56 Å². The molecule has 3 rings (SSSR count). The molecule has 1 aromatic carbocycles. The topological polar surface area (TPSA) is 161 Å². The van der Waals surface area contributed by atoms with Crippen LogP contribution in [0.25, 0.3) is 0 Å². The molecule has 0 spiro atoms. The summed E-state index contributed by atoms with van der Waals surface area (Å²) in [6, 6.07) is 6.80. The average molecular weight is 543 g/mol. The lowest BCUT2D eigenvalue weighted by molar-refractivity contribution is -0.192. The van der Waals surface area contributed by atoms with Crippen molar-refractivity contribution in [2.75, 3.05) is 37.6 Å². The average Bonchev–Trinajstić information content (AvgIpc) is 2.88. The van der Waals surface area contributed by atoms with Crippen molar-refractivity contribution in [1.29, 1.82) is 0 Å². The van der Waals surface area contributed by atoms with E-state index in [4.69, 9.17) is 15.0 Å². The van der Waals surface area contributed by atoms with Gasteiger partial charge < -0.3 is 31.1 Å². The maximum Gasteiger partial charge on any atom is 0.490 e. The molecule has 0 aliphatic carbocycles. The Balaban J connectivity index is 0.000000638. The number of aliphatic carboxylic acids is 2. The minimum absolute atomic E-state index is 0.154. The molecule has 0 radical (unpaired) electrons. The zero-order valence-corrected chi connectivity index (χ0v) is 19.8. The molecule has 2 heterocycles. The molecule has 11 nitrogen and oxygen atoms in total. The number of amides is 2. The number of aromatic nitrogens is 1. The molecule has 206 valence electrons. The molecule has 1 aliphatic heterocycles. The standard InChI is InChI=1S/C21H24FN5O4.C2HF3O2/c22-17-4-3-15(27-8-6-23-7-9-27)10-16(17)21(31)25-13-19(28)26-18(11-20(29)30)14-2-1-5-24-12-14;3-2(4,5)1(6)7/h1-5,10,12,18,23H,6-9,11,13H2,(H,25,31)(H,26,28)(H,29,30);(H,6,7)/t18-;/m0./s1. The van der Waals surface area contributed by atoms with Crippen molar-refractivity contribution in [1.82, 2.24) is 20.9 Å². The highest BCUT2D eigenvalue weighted by Gasteiger charge is 2.38. The lowest BCUT2D eigenvalue weighted by Gasteiger charge is -2.29. The molecule has 1 aliphatic rings. The van der Waals surface area contributed by atoms with Crippen LogP contribution in [0.1, 0.15) is 28.4 Å². The highest BCUT2D eigenvalue weighted by atomic mass is 19.4. The predicted molar refractivity (Wildman–Crippen MR) is 125 cm³/mol. The van der Waals surface area contributed by atoms with Gasteiger partial charge in [0.1, 0.15) is 5.82 Å². The summed E-state index contributed by atoms with van der Waals surface area (Å²) in [7, 11) is 0. The molecular formula is C23H25F4N5O6. The molecule has 2 aromatic rings. The van der Waals surface area contributed by atoms with E-state index in [1.807, 2.05) is 4.90 Å². The second-order valence-corrected chi connectivity index (χ2v) is 7.89. The van der Waals surface area contributed by atoms with Crippen molar-refractivity contribution in [2.45, 2.75) is 18.6 Å². The van der Waals surface area contributed by atoms with E-state index in [2.05, 4.69) is 20.9 Å². The number of hydrogen-bond acceptors (Lipinski definition) is 7. The minimum atomic E-state index is -5.08. The van der Waals surface area contributed by atoms with Crippen LogP contribution in [0, 0.1) is 5.82 Å². The Morgan fingerprint density at radius 3 is 2.32 bits per heavy atom. The molecule has 2 amide bonds. The van der Waals surface area contributed by atoms with Gasteiger partial charge in [-0.15, -0.1) is 0 Å². The number of benzene rings is 1. The molecule has 1 atom stereocenters. The molecule has 38 heavy (non-hydrogen) atoms. The van der Waals surface area contributed by atoms with Crippen LogP contribution in [0.2, 0.25) is 0 Å². The first-order chi connectivity index (χ1) is 17.9. The van der Waals surface area contributed by atoms with Crippen LogP contribution in [0.15, 0.2) is 42.7 Å². The molecule has 1 fully saturated rings. The van der Waals surface area contributed by atoms with E-state index in [-0.39, 0.29) is 12.0 Å². The van der Waals surface area contributed by atoms with Crippen molar-refractivity contribution in [2.24, 2.45) is 0 Å². The largest absolute Gasteiger partial charge is 0.490 e. The number of carboxylic acid groups (broad SMARTS) is 2. The van der Waals surface area contributed by atoms with Gasteiger partial charge >= 0.3 is 18.1 Å². The van der Waals surface area contributed by atoms with Crippen LogP contribution in [0.3, 0.4) is 0 Å². The number of piperazine rings is 1. The zero-order valence-electron chi connectivity index (χ0n) is 19.8. The molecule has 5 N–H and O–H groups in total. The second kappa shape index (κ2) is 13.9. The third-order valence-corrected chi connectivity index (χ3v) is 5.13. The molecule has 1 aromatic heterocycles. The first kappa shape index (κ1) is 30.0. The van der Waals surface area contributed by atoms with E-state index in [1.165, 1.54) is 24.5 Å². The van der Waals surface area contributed by atoms with Crippen LogP contribution >= 0.6 is 0 Å². The Bertz CT molecular complexity index is 1130. The van der Waals surface area contributed by atoms with Crippen molar-refractivity contribution in [3.8, 4) is 0 Å². The number of nitrogens with one attached hydrogen (secondary N) is 3. The lowest BCUT2D eigenvalue weighted by Crippen LogP contribution is -2.43. The maximum atomic E-state index is 14.2. The summed E-state index contributed by atoms with van der Waals surface area (Å²) in [5, 5.41) is 24.4. The molecule has 1 saturated heterocycles.